The van der Waals surface area contributed by atoms with Gasteiger partial charge in [-0.05, 0) is 56.9 Å². The van der Waals surface area contributed by atoms with Crippen LogP contribution in [-0.4, -0.2) is 37.9 Å². The number of nitrogens with one attached hydrogen (secondary N) is 1. The van der Waals surface area contributed by atoms with Gasteiger partial charge in [-0.15, -0.1) is 0 Å². The largest absolute Gasteiger partial charge is 0.490 e. The average molecular weight is 407 g/mol. The van der Waals surface area contributed by atoms with Crippen molar-refractivity contribution in [2.45, 2.75) is 52.2 Å². The molecule has 152 valence electrons. The highest BCUT2D eigenvalue weighted by atomic mass is 35.5. The number of benzene rings is 1. The summed E-state index contributed by atoms with van der Waals surface area (Å²) in [6.07, 6.45) is 4.22. The molecule has 7 heteroatoms. The van der Waals surface area contributed by atoms with Crippen LogP contribution in [-0.2, 0) is 9.53 Å². The summed E-state index contributed by atoms with van der Waals surface area (Å²) < 4.78 is 17.0. The van der Waals surface area contributed by atoms with Gasteiger partial charge in [0.15, 0.2) is 11.5 Å². The highest BCUT2D eigenvalue weighted by molar-refractivity contribution is 6.32. The number of halogens is 1. The molecule has 1 N–H and O–H groups in total. The SMILES string of the molecule is CCOc1cc(/C=C(\C#N)C(=O)NCC2CCCO2)cc(Cl)c1OC(C)CC. The van der Waals surface area contributed by atoms with Gasteiger partial charge in [-0.25, -0.2) is 0 Å². The van der Waals surface area contributed by atoms with E-state index in [4.69, 9.17) is 25.8 Å². The van der Waals surface area contributed by atoms with Crippen LogP contribution in [0.5, 0.6) is 11.5 Å². The molecular weight excluding hydrogens is 380 g/mol. The summed E-state index contributed by atoms with van der Waals surface area (Å²) in [7, 11) is 0. The first-order valence-corrected chi connectivity index (χ1v) is 10.0. The number of nitrogens with zero attached hydrogens (tertiary/aromatic N) is 1. The number of hydrogen-bond donors (Lipinski definition) is 1. The smallest absolute Gasteiger partial charge is 0.262 e. The molecule has 1 saturated heterocycles. The molecule has 0 spiro atoms. The van der Waals surface area contributed by atoms with Crippen LogP contribution in [0.15, 0.2) is 17.7 Å². The van der Waals surface area contributed by atoms with Crippen molar-refractivity contribution in [3.63, 3.8) is 0 Å². The van der Waals surface area contributed by atoms with E-state index in [1.807, 2.05) is 26.8 Å². The lowest BCUT2D eigenvalue weighted by Gasteiger charge is -2.18. The van der Waals surface area contributed by atoms with Crippen LogP contribution < -0.4 is 14.8 Å². The number of carbonyl (C=O) groups excluding carboxylic acids is 1. The van der Waals surface area contributed by atoms with E-state index in [1.165, 1.54) is 6.08 Å². The Morgan fingerprint density at radius 2 is 2.29 bits per heavy atom. The highest BCUT2D eigenvalue weighted by Gasteiger charge is 2.19. The van der Waals surface area contributed by atoms with E-state index in [0.717, 1.165) is 19.3 Å². The van der Waals surface area contributed by atoms with Gasteiger partial charge in [0.2, 0.25) is 0 Å². The van der Waals surface area contributed by atoms with Crippen LogP contribution in [0.3, 0.4) is 0 Å². The monoisotopic (exact) mass is 406 g/mol. The Morgan fingerprint density at radius 3 is 2.89 bits per heavy atom. The topological polar surface area (TPSA) is 80.6 Å². The quantitative estimate of drug-likeness (QED) is 0.493. The Balaban J connectivity index is 2.21. The normalized spacial score (nSPS) is 17.7. The van der Waals surface area contributed by atoms with Crippen molar-refractivity contribution >= 4 is 23.6 Å². The van der Waals surface area contributed by atoms with E-state index in [1.54, 1.807) is 12.1 Å². The van der Waals surface area contributed by atoms with Crippen molar-refractivity contribution in [2.75, 3.05) is 19.8 Å². The van der Waals surface area contributed by atoms with Crippen molar-refractivity contribution in [3.05, 3.63) is 28.3 Å². The average Bonchev–Trinajstić information content (AvgIpc) is 3.20. The zero-order chi connectivity index (χ0) is 20.5. The molecule has 1 aromatic carbocycles. The predicted molar refractivity (Wildman–Crippen MR) is 109 cm³/mol. The van der Waals surface area contributed by atoms with Crippen molar-refractivity contribution in [1.82, 2.24) is 5.32 Å². The molecular formula is C21H27ClN2O4. The predicted octanol–water partition coefficient (Wildman–Crippen LogP) is 4.12. The minimum absolute atomic E-state index is 0.00731. The molecule has 2 atom stereocenters. The second-order valence-electron chi connectivity index (χ2n) is 6.61. The third-order valence-electron chi connectivity index (χ3n) is 4.42. The van der Waals surface area contributed by atoms with Gasteiger partial charge in [0.1, 0.15) is 11.6 Å². The number of nitriles is 1. The van der Waals surface area contributed by atoms with Gasteiger partial charge in [-0.2, -0.15) is 5.26 Å². The van der Waals surface area contributed by atoms with E-state index in [0.29, 0.717) is 41.8 Å². The lowest BCUT2D eigenvalue weighted by Crippen LogP contribution is -2.32. The number of ether oxygens (including phenoxy) is 3. The minimum Gasteiger partial charge on any atom is -0.490 e. The van der Waals surface area contributed by atoms with Gasteiger partial charge in [-0.3, -0.25) is 4.79 Å². The fourth-order valence-electron chi connectivity index (χ4n) is 2.76. The number of amides is 1. The maximum absolute atomic E-state index is 12.3. The Hall–Kier alpha value is -2.23. The van der Waals surface area contributed by atoms with E-state index >= 15 is 0 Å². The highest BCUT2D eigenvalue weighted by Crippen LogP contribution is 2.38. The summed E-state index contributed by atoms with van der Waals surface area (Å²) in [6.45, 7) is 7.38. The Bertz CT molecular complexity index is 752. The number of carbonyl (C=O) groups is 1. The zero-order valence-electron chi connectivity index (χ0n) is 16.6. The van der Waals surface area contributed by atoms with Crippen molar-refractivity contribution in [1.29, 1.82) is 5.26 Å². The Labute approximate surface area is 171 Å². The van der Waals surface area contributed by atoms with Crippen LogP contribution in [0.2, 0.25) is 5.02 Å². The van der Waals surface area contributed by atoms with Crippen LogP contribution in [0, 0.1) is 11.3 Å². The third kappa shape index (κ3) is 6.15. The molecule has 1 aromatic rings. The Kier molecular flexibility index (Phi) is 8.62. The molecule has 0 radical (unpaired) electrons. The fraction of sp³-hybridized carbons (Fsp3) is 0.524. The minimum atomic E-state index is -0.438. The Morgan fingerprint density at radius 1 is 1.50 bits per heavy atom. The molecule has 1 amide bonds. The van der Waals surface area contributed by atoms with Crippen LogP contribution in [0.1, 0.15) is 45.6 Å². The van der Waals surface area contributed by atoms with Gasteiger partial charge in [0, 0.05) is 13.2 Å². The number of hydrogen-bond acceptors (Lipinski definition) is 5. The molecule has 1 heterocycles. The molecule has 6 nitrogen and oxygen atoms in total. The molecule has 0 aromatic heterocycles. The van der Waals surface area contributed by atoms with E-state index in [2.05, 4.69) is 5.32 Å². The molecule has 28 heavy (non-hydrogen) atoms. The van der Waals surface area contributed by atoms with E-state index in [-0.39, 0.29) is 17.8 Å². The van der Waals surface area contributed by atoms with E-state index < -0.39 is 5.91 Å². The molecule has 0 bridgehead atoms. The first-order valence-electron chi connectivity index (χ1n) is 9.63. The molecule has 1 aliphatic heterocycles. The fourth-order valence-corrected chi connectivity index (χ4v) is 3.02. The third-order valence-corrected chi connectivity index (χ3v) is 4.70. The first kappa shape index (κ1) is 22.1. The summed E-state index contributed by atoms with van der Waals surface area (Å²) in [5.74, 6) is 0.516. The molecule has 1 aliphatic rings. The summed E-state index contributed by atoms with van der Waals surface area (Å²) in [6, 6.07) is 5.32. The lowest BCUT2D eigenvalue weighted by atomic mass is 10.1. The zero-order valence-corrected chi connectivity index (χ0v) is 17.3. The molecule has 2 rings (SSSR count). The summed E-state index contributed by atoms with van der Waals surface area (Å²) in [5, 5.41) is 12.5. The lowest BCUT2D eigenvalue weighted by molar-refractivity contribution is -0.117. The second kappa shape index (κ2) is 10.9. The van der Waals surface area contributed by atoms with Gasteiger partial charge in [0.25, 0.3) is 5.91 Å². The summed E-state index contributed by atoms with van der Waals surface area (Å²) >= 11 is 6.39. The van der Waals surface area contributed by atoms with Gasteiger partial charge in [0.05, 0.1) is 23.8 Å². The summed E-state index contributed by atoms with van der Waals surface area (Å²) in [5.41, 5.74) is 0.584. The summed E-state index contributed by atoms with van der Waals surface area (Å²) in [4.78, 5) is 12.3. The first-order chi connectivity index (χ1) is 13.5. The molecule has 0 aliphatic carbocycles. The maximum Gasteiger partial charge on any atom is 0.262 e. The van der Waals surface area contributed by atoms with Crippen LogP contribution in [0.25, 0.3) is 6.08 Å². The number of rotatable bonds is 9. The molecule has 0 saturated carbocycles. The van der Waals surface area contributed by atoms with Gasteiger partial charge >= 0.3 is 0 Å². The van der Waals surface area contributed by atoms with Crippen molar-refractivity contribution in [3.8, 4) is 17.6 Å². The van der Waals surface area contributed by atoms with Crippen LogP contribution in [0.4, 0.5) is 0 Å². The van der Waals surface area contributed by atoms with Gasteiger partial charge < -0.3 is 19.5 Å². The molecule has 2 unspecified atom stereocenters. The van der Waals surface area contributed by atoms with Crippen molar-refractivity contribution < 1.29 is 19.0 Å². The second-order valence-corrected chi connectivity index (χ2v) is 7.02. The standard InChI is InChI=1S/C21H27ClN2O4/c1-4-14(3)28-20-18(22)10-15(11-19(20)26-5-2)9-16(12-23)21(25)24-13-17-7-6-8-27-17/h9-11,14,17H,4-8,13H2,1-3H3,(H,24,25)/b16-9+. The van der Waals surface area contributed by atoms with Crippen molar-refractivity contribution in [2.24, 2.45) is 0 Å². The van der Waals surface area contributed by atoms with E-state index in [9.17, 15) is 10.1 Å². The molecule has 1 fully saturated rings. The van der Waals surface area contributed by atoms with Gasteiger partial charge in [-0.1, -0.05) is 18.5 Å². The van der Waals surface area contributed by atoms with Crippen LogP contribution >= 0.6 is 11.6 Å². The maximum atomic E-state index is 12.3.